The van der Waals surface area contributed by atoms with Crippen LogP contribution in [0.1, 0.15) is 12.7 Å². The fourth-order valence-electron chi connectivity index (χ4n) is 0.960. The summed E-state index contributed by atoms with van der Waals surface area (Å²) >= 11 is 3.06. The molecule has 0 unspecified atom stereocenters. The van der Waals surface area contributed by atoms with Crippen LogP contribution in [0.5, 0.6) is 0 Å². The average Bonchev–Trinajstić information content (AvgIpc) is 2.05. The maximum absolute atomic E-state index is 11.4. The summed E-state index contributed by atoms with van der Waals surface area (Å²) in [5.74, 6) is 0.480. The van der Waals surface area contributed by atoms with E-state index in [0.717, 1.165) is 0 Å². The Hall–Kier alpha value is -0.970. The van der Waals surface area contributed by atoms with Gasteiger partial charge < -0.3 is 0 Å². The summed E-state index contributed by atoms with van der Waals surface area (Å²) in [6.07, 6.45) is 1.44. The third kappa shape index (κ3) is 2.24. The molecule has 1 aromatic rings. The number of aromatic nitrogens is 2. The van der Waals surface area contributed by atoms with Crippen LogP contribution in [0.4, 0.5) is 0 Å². The first-order valence-electron chi connectivity index (χ1n) is 3.73. The van der Waals surface area contributed by atoms with Crippen molar-refractivity contribution in [3.63, 3.8) is 0 Å². The van der Waals surface area contributed by atoms with Gasteiger partial charge in [-0.05, 0) is 29.8 Å². The van der Waals surface area contributed by atoms with E-state index in [1.807, 2.05) is 0 Å². The van der Waals surface area contributed by atoms with Crippen LogP contribution in [0.15, 0.2) is 15.5 Å². The van der Waals surface area contributed by atoms with Gasteiger partial charge in [0, 0.05) is 6.20 Å². The topological polar surface area (TPSA) is 52.0 Å². The first-order chi connectivity index (χ1) is 6.02. The van der Waals surface area contributed by atoms with Crippen LogP contribution in [-0.2, 0) is 11.3 Å². The van der Waals surface area contributed by atoms with Crippen molar-refractivity contribution in [1.82, 2.24) is 9.55 Å². The minimum absolute atomic E-state index is 0.0647. The highest BCUT2D eigenvalue weighted by molar-refractivity contribution is 9.10. The molecule has 0 aliphatic heterocycles. The van der Waals surface area contributed by atoms with Crippen molar-refractivity contribution in [2.75, 3.05) is 0 Å². The van der Waals surface area contributed by atoms with Crippen molar-refractivity contribution in [3.05, 3.63) is 26.8 Å². The largest absolute Gasteiger partial charge is 0.298 e. The van der Waals surface area contributed by atoms with Crippen molar-refractivity contribution in [2.45, 2.75) is 20.4 Å². The standard InChI is InChI=1S/C8H9BrN2O2/c1-5(12)4-11-6(2)10-3-7(9)8(11)13/h3H,4H2,1-2H3. The Morgan fingerprint density at radius 2 is 2.31 bits per heavy atom. The summed E-state index contributed by atoms with van der Waals surface area (Å²) in [6.45, 7) is 3.21. The molecule has 0 atom stereocenters. The van der Waals surface area contributed by atoms with Gasteiger partial charge in [0.2, 0.25) is 0 Å². The van der Waals surface area contributed by atoms with Gasteiger partial charge in [0.15, 0.2) is 0 Å². The molecule has 1 rings (SSSR count). The Morgan fingerprint density at radius 3 is 2.85 bits per heavy atom. The Kier molecular flexibility index (Phi) is 2.98. The molecule has 0 aliphatic carbocycles. The second kappa shape index (κ2) is 3.83. The van der Waals surface area contributed by atoms with E-state index in [9.17, 15) is 9.59 Å². The summed E-state index contributed by atoms with van der Waals surface area (Å²) in [5.41, 5.74) is -0.220. The first-order valence-corrected chi connectivity index (χ1v) is 4.53. The average molecular weight is 245 g/mol. The zero-order chi connectivity index (χ0) is 10.0. The Labute approximate surface area is 83.7 Å². The maximum Gasteiger partial charge on any atom is 0.268 e. The quantitative estimate of drug-likeness (QED) is 0.777. The smallest absolute Gasteiger partial charge is 0.268 e. The second-order valence-electron chi connectivity index (χ2n) is 2.75. The molecule has 0 saturated carbocycles. The number of hydrogen-bond donors (Lipinski definition) is 0. The molecule has 0 aliphatic rings. The molecule has 13 heavy (non-hydrogen) atoms. The van der Waals surface area contributed by atoms with Gasteiger partial charge >= 0.3 is 0 Å². The Bertz CT molecular complexity index is 398. The molecule has 0 fully saturated rings. The van der Waals surface area contributed by atoms with Gasteiger partial charge in [-0.3, -0.25) is 14.2 Å². The summed E-state index contributed by atoms with van der Waals surface area (Å²) in [4.78, 5) is 26.2. The van der Waals surface area contributed by atoms with Gasteiger partial charge in [0.05, 0.1) is 6.54 Å². The van der Waals surface area contributed by atoms with E-state index in [4.69, 9.17) is 0 Å². The number of carbonyl (C=O) groups is 1. The Morgan fingerprint density at radius 1 is 1.69 bits per heavy atom. The molecule has 4 nitrogen and oxygen atoms in total. The molecule has 0 amide bonds. The lowest BCUT2D eigenvalue weighted by atomic mass is 10.4. The molecule has 70 valence electrons. The van der Waals surface area contributed by atoms with Gasteiger partial charge in [-0.1, -0.05) is 0 Å². The molecule has 0 spiro atoms. The number of halogens is 1. The van der Waals surface area contributed by atoms with Gasteiger partial charge in [0.1, 0.15) is 16.1 Å². The van der Waals surface area contributed by atoms with E-state index in [0.29, 0.717) is 10.3 Å². The van der Waals surface area contributed by atoms with E-state index in [-0.39, 0.29) is 17.9 Å². The van der Waals surface area contributed by atoms with E-state index >= 15 is 0 Å². The SMILES string of the molecule is CC(=O)Cn1c(C)ncc(Br)c1=O. The van der Waals surface area contributed by atoms with Crippen LogP contribution < -0.4 is 5.56 Å². The molecule has 0 bridgehead atoms. The third-order valence-electron chi connectivity index (χ3n) is 1.59. The molecule has 1 aromatic heterocycles. The van der Waals surface area contributed by atoms with Crippen LogP contribution in [-0.4, -0.2) is 15.3 Å². The predicted octanol–water partition coefficient (Wildman–Crippen LogP) is 0.903. The number of Topliss-reactive ketones (excluding diaryl/α,β-unsaturated/α-hetero) is 1. The molecular weight excluding hydrogens is 236 g/mol. The van der Waals surface area contributed by atoms with Gasteiger partial charge in [0.25, 0.3) is 5.56 Å². The van der Waals surface area contributed by atoms with E-state index in [1.165, 1.54) is 17.7 Å². The summed E-state index contributed by atoms with van der Waals surface area (Å²) < 4.78 is 1.71. The van der Waals surface area contributed by atoms with Crippen molar-refractivity contribution < 1.29 is 4.79 Å². The molecule has 5 heteroatoms. The fourth-order valence-corrected chi connectivity index (χ4v) is 1.28. The van der Waals surface area contributed by atoms with Crippen molar-refractivity contribution in [2.24, 2.45) is 0 Å². The van der Waals surface area contributed by atoms with E-state index in [2.05, 4.69) is 20.9 Å². The number of ketones is 1. The lowest BCUT2D eigenvalue weighted by Crippen LogP contribution is -2.26. The van der Waals surface area contributed by atoms with E-state index in [1.54, 1.807) is 6.92 Å². The lowest BCUT2D eigenvalue weighted by Gasteiger charge is -2.06. The second-order valence-corrected chi connectivity index (χ2v) is 3.60. The zero-order valence-corrected chi connectivity index (χ0v) is 8.96. The van der Waals surface area contributed by atoms with Crippen LogP contribution in [0.3, 0.4) is 0 Å². The van der Waals surface area contributed by atoms with Crippen LogP contribution in [0.25, 0.3) is 0 Å². The molecule has 0 aromatic carbocycles. The summed E-state index contributed by atoms with van der Waals surface area (Å²) in [7, 11) is 0. The van der Waals surface area contributed by atoms with Crippen LogP contribution >= 0.6 is 15.9 Å². The number of hydrogen-bond acceptors (Lipinski definition) is 3. The number of aryl methyl sites for hydroxylation is 1. The highest BCUT2D eigenvalue weighted by Crippen LogP contribution is 2.01. The van der Waals surface area contributed by atoms with E-state index < -0.39 is 0 Å². The van der Waals surface area contributed by atoms with Gasteiger partial charge in [-0.25, -0.2) is 4.98 Å². The highest BCUT2D eigenvalue weighted by atomic mass is 79.9. The Balaban J connectivity index is 3.26. The number of rotatable bonds is 2. The van der Waals surface area contributed by atoms with Crippen molar-refractivity contribution in [1.29, 1.82) is 0 Å². The summed E-state index contributed by atoms with van der Waals surface area (Å²) in [6, 6.07) is 0. The minimum atomic E-state index is -0.220. The molecule has 0 radical (unpaired) electrons. The van der Waals surface area contributed by atoms with Gasteiger partial charge in [-0.15, -0.1) is 0 Å². The minimum Gasteiger partial charge on any atom is -0.298 e. The van der Waals surface area contributed by atoms with Crippen molar-refractivity contribution in [3.8, 4) is 0 Å². The summed E-state index contributed by atoms with van der Waals surface area (Å²) in [5, 5.41) is 0. The molecule has 0 N–H and O–H groups in total. The van der Waals surface area contributed by atoms with Crippen LogP contribution in [0, 0.1) is 6.92 Å². The normalized spacial score (nSPS) is 10.1. The lowest BCUT2D eigenvalue weighted by molar-refractivity contribution is -0.117. The number of carbonyl (C=O) groups excluding carboxylic acids is 1. The fraction of sp³-hybridized carbons (Fsp3) is 0.375. The number of nitrogens with zero attached hydrogens (tertiary/aromatic N) is 2. The first kappa shape index (κ1) is 10.1. The third-order valence-corrected chi connectivity index (χ3v) is 2.13. The zero-order valence-electron chi connectivity index (χ0n) is 7.37. The monoisotopic (exact) mass is 244 g/mol. The highest BCUT2D eigenvalue weighted by Gasteiger charge is 2.06. The van der Waals surface area contributed by atoms with Crippen molar-refractivity contribution >= 4 is 21.7 Å². The molecular formula is C8H9BrN2O2. The van der Waals surface area contributed by atoms with Crippen LogP contribution in [0.2, 0.25) is 0 Å². The predicted molar refractivity (Wildman–Crippen MR) is 51.6 cm³/mol. The molecule has 0 saturated heterocycles. The van der Waals surface area contributed by atoms with Gasteiger partial charge in [-0.2, -0.15) is 0 Å². The maximum atomic E-state index is 11.4. The molecule has 1 heterocycles.